The van der Waals surface area contributed by atoms with Crippen molar-refractivity contribution in [2.75, 3.05) is 5.73 Å². The lowest BCUT2D eigenvalue weighted by molar-refractivity contribution is 1.21. The molecule has 0 aliphatic carbocycles. The van der Waals surface area contributed by atoms with E-state index in [4.69, 9.17) is 5.73 Å². The molecule has 3 aromatic heterocycles. The van der Waals surface area contributed by atoms with Gasteiger partial charge in [-0.1, -0.05) is 11.3 Å². The van der Waals surface area contributed by atoms with Gasteiger partial charge in [-0.15, -0.1) is 11.3 Å². The molecule has 0 spiro atoms. The maximum Gasteiger partial charge on any atom is 0.194 e. The number of hydrogen-bond donors (Lipinski definition) is 1. The molecule has 0 saturated carbocycles. The van der Waals surface area contributed by atoms with E-state index in [-0.39, 0.29) is 0 Å². The van der Waals surface area contributed by atoms with E-state index < -0.39 is 0 Å². The summed E-state index contributed by atoms with van der Waals surface area (Å²) in [6.07, 6.45) is 4.07. The van der Waals surface area contributed by atoms with Gasteiger partial charge in [0.2, 0.25) is 0 Å². The molecule has 0 bridgehead atoms. The van der Waals surface area contributed by atoms with Gasteiger partial charge in [0.25, 0.3) is 0 Å². The summed E-state index contributed by atoms with van der Waals surface area (Å²) in [6, 6.07) is 0. The molecule has 3 heterocycles. The van der Waals surface area contributed by atoms with Crippen LogP contribution in [-0.2, 0) is 0 Å². The largest absolute Gasteiger partial charge is 0.389 e. The van der Waals surface area contributed by atoms with Gasteiger partial charge >= 0.3 is 0 Å². The molecule has 16 heavy (non-hydrogen) atoms. The maximum absolute atomic E-state index is 5.80. The third kappa shape index (κ3) is 1.42. The van der Waals surface area contributed by atoms with Gasteiger partial charge in [0.05, 0.1) is 5.69 Å². The average molecular weight is 250 g/mol. The number of aryl methyl sites for hydroxylation is 2. The highest BCUT2D eigenvalue weighted by Crippen LogP contribution is 2.30. The first kappa shape index (κ1) is 9.80. The van der Waals surface area contributed by atoms with Crippen LogP contribution < -0.4 is 5.73 Å². The van der Waals surface area contributed by atoms with Crippen molar-refractivity contribution in [2.24, 2.45) is 0 Å². The van der Waals surface area contributed by atoms with Crippen molar-refractivity contribution in [3.8, 4) is 10.7 Å². The van der Waals surface area contributed by atoms with Crippen LogP contribution in [-0.4, -0.2) is 14.4 Å². The fraction of sp³-hybridized carbons (Fsp3) is 0.200. The quantitative estimate of drug-likeness (QED) is 0.722. The number of hydrogen-bond acceptors (Lipinski definition) is 5. The molecule has 0 atom stereocenters. The van der Waals surface area contributed by atoms with Crippen LogP contribution in [0.4, 0.5) is 5.00 Å². The Kier molecular flexibility index (Phi) is 2.02. The molecule has 4 nitrogen and oxygen atoms in total. The molecule has 2 N–H and O–H groups in total. The van der Waals surface area contributed by atoms with E-state index in [0.29, 0.717) is 0 Å². The summed E-state index contributed by atoms with van der Waals surface area (Å²) in [5.74, 6) is 0. The molecule has 0 radical (unpaired) electrons. The molecule has 82 valence electrons. The highest BCUT2D eigenvalue weighted by Gasteiger charge is 2.11. The number of imidazole rings is 1. The molecule has 0 amide bonds. The highest BCUT2D eigenvalue weighted by molar-refractivity contribution is 7.19. The van der Waals surface area contributed by atoms with Crippen LogP contribution in [0.5, 0.6) is 0 Å². The number of nitrogens with zero attached hydrogens (tertiary/aromatic N) is 3. The third-order valence-corrected chi connectivity index (χ3v) is 4.24. The molecule has 0 unspecified atom stereocenters. The number of aromatic nitrogens is 3. The lowest BCUT2D eigenvalue weighted by Crippen LogP contribution is -1.81. The first-order valence-electron chi connectivity index (χ1n) is 4.82. The first-order valence-corrected chi connectivity index (χ1v) is 6.45. The van der Waals surface area contributed by atoms with Gasteiger partial charge in [0.1, 0.15) is 15.7 Å². The van der Waals surface area contributed by atoms with E-state index in [1.165, 1.54) is 16.2 Å². The number of nitrogens with two attached hydrogens (primary N) is 1. The fourth-order valence-electron chi connectivity index (χ4n) is 1.53. The van der Waals surface area contributed by atoms with Crippen molar-refractivity contribution in [1.82, 2.24) is 14.4 Å². The van der Waals surface area contributed by atoms with Crippen LogP contribution in [0.15, 0.2) is 12.4 Å². The van der Waals surface area contributed by atoms with Crippen LogP contribution in [0.25, 0.3) is 15.7 Å². The van der Waals surface area contributed by atoms with E-state index in [1.54, 1.807) is 11.3 Å². The fourth-order valence-corrected chi connectivity index (χ4v) is 3.13. The standard InChI is InChI=1S/C10H10N4S2/c1-5-3-14-4-7(13-10(14)15-5)9-12-6(2)8(11)16-9/h3-4H,11H2,1-2H3. The molecular formula is C10H10N4S2. The minimum Gasteiger partial charge on any atom is -0.389 e. The normalized spacial score (nSPS) is 11.4. The van der Waals surface area contributed by atoms with Gasteiger partial charge in [0, 0.05) is 17.3 Å². The Morgan fingerprint density at radius 3 is 2.62 bits per heavy atom. The van der Waals surface area contributed by atoms with Crippen LogP contribution in [0.1, 0.15) is 10.6 Å². The van der Waals surface area contributed by atoms with Gasteiger partial charge in [-0.3, -0.25) is 4.40 Å². The molecular weight excluding hydrogens is 240 g/mol. The van der Waals surface area contributed by atoms with Gasteiger partial charge in [0.15, 0.2) is 4.96 Å². The molecule has 6 heteroatoms. The summed E-state index contributed by atoms with van der Waals surface area (Å²) in [6.45, 7) is 3.99. The Hall–Kier alpha value is -1.40. The third-order valence-electron chi connectivity index (χ3n) is 2.32. The second-order valence-corrected chi connectivity index (χ2v) is 5.87. The van der Waals surface area contributed by atoms with Crippen molar-refractivity contribution >= 4 is 32.6 Å². The average Bonchev–Trinajstić information content (AvgIpc) is 2.80. The second-order valence-electron chi connectivity index (χ2n) is 3.63. The zero-order valence-electron chi connectivity index (χ0n) is 8.89. The summed E-state index contributed by atoms with van der Waals surface area (Å²) >= 11 is 3.16. The SMILES string of the molecule is Cc1cn2cc(-c3nc(C)c(N)s3)nc2s1. The molecule has 3 rings (SSSR count). The van der Waals surface area contributed by atoms with Crippen molar-refractivity contribution < 1.29 is 0 Å². The molecule has 0 fully saturated rings. The summed E-state index contributed by atoms with van der Waals surface area (Å²) in [4.78, 5) is 11.2. The van der Waals surface area contributed by atoms with Gasteiger partial charge in [-0.2, -0.15) is 0 Å². The number of thiazole rings is 2. The lowest BCUT2D eigenvalue weighted by Gasteiger charge is -1.84. The summed E-state index contributed by atoms with van der Waals surface area (Å²) in [5, 5.41) is 1.66. The number of fused-ring (bicyclic) bond motifs is 1. The van der Waals surface area contributed by atoms with E-state index in [0.717, 1.165) is 26.4 Å². The maximum atomic E-state index is 5.80. The Bertz CT molecular complexity index is 611. The van der Waals surface area contributed by atoms with Crippen molar-refractivity contribution in [1.29, 1.82) is 0 Å². The number of rotatable bonds is 1. The van der Waals surface area contributed by atoms with Crippen molar-refractivity contribution in [3.63, 3.8) is 0 Å². The van der Waals surface area contributed by atoms with E-state index in [1.807, 2.05) is 17.5 Å². The smallest absolute Gasteiger partial charge is 0.194 e. The molecule has 0 saturated heterocycles. The zero-order chi connectivity index (χ0) is 11.3. The molecule has 0 aliphatic heterocycles. The molecule has 3 aromatic rings. The monoisotopic (exact) mass is 250 g/mol. The summed E-state index contributed by atoms with van der Waals surface area (Å²) in [7, 11) is 0. The minimum atomic E-state index is 0.766. The second kappa shape index (κ2) is 3.29. The first-order chi connectivity index (χ1) is 7.63. The summed E-state index contributed by atoms with van der Waals surface area (Å²) < 4.78 is 2.03. The summed E-state index contributed by atoms with van der Waals surface area (Å²) in [5.41, 5.74) is 7.58. The minimum absolute atomic E-state index is 0.766. The van der Waals surface area contributed by atoms with Crippen LogP contribution in [0, 0.1) is 13.8 Å². The Morgan fingerprint density at radius 2 is 2.00 bits per heavy atom. The Morgan fingerprint density at radius 1 is 1.19 bits per heavy atom. The van der Waals surface area contributed by atoms with Crippen molar-refractivity contribution in [3.05, 3.63) is 23.0 Å². The Labute approximate surface area is 100 Å². The van der Waals surface area contributed by atoms with E-state index in [9.17, 15) is 0 Å². The number of anilines is 1. The molecule has 0 aromatic carbocycles. The van der Waals surface area contributed by atoms with Crippen molar-refractivity contribution in [2.45, 2.75) is 13.8 Å². The lowest BCUT2D eigenvalue weighted by atomic mass is 10.5. The predicted molar refractivity (Wildman–Crippen MR) is 68.1 cm³/mol. The van der Waals surface area contributed by atoms with E-state index in [2.05, 4.69) is 23.1 Å². The zero-order valence-corrected chi connectivity index (χ0v) is 10.5. The van der Waals surface area contributed by atoms with Crippen LogP contribution in [0.2, 0.25) is 0 Å². The van der Waals surface area contributed by atoms with E-state index >= 15 is 0 Å². The topological polar surface area (TPSA) is 56.2 Å². The predicted octanol–water partition coefficient (Wildman–Crippen LogP) is 2.72. The molecule has 0 aliphatic rings. The van der Waals surface area contributed by atoms with Crippen LogP contribution >= 0.6 is 22.7 Å². The number of nitrogen functional groups attached to an aromatic ring is 1. The van der Waals surface area contributed by atoms with Gasteiger partial charge in [-0.05, 0) is 13.8 Å². The highest BCUT2D eigenvalue weighted by atomic mass is 32.1. The van der Waals surface area contributed by atoms with Gasteiger partial charge < -0.3 is 5.73 Å². The van der Waals surface area contributed by atoms with Gasteiger partial charge in [-0.25, -0.2) is 9.97 Å². The Balaban J connectivity index is 2.14. The van der Waals surface area contributed by atoms with Crippen LogP contribution in [0.3, 0.4) is 0 Å².